The molecule has 0 radical (unpaired) electrons. The monoisotopic (exact) mass is 293 g/mol. The molecule has 0 aromatic carbocycles. The van der Waals surface area contributed by atoms with E-state index in [-0.39, 0.29) is 17.2 Å². The predicted octanol–water partition coefficient (Wildman–Crippen LogP) is -0.968. The molecule has 0 saturated carbocycles. The molecule has 0 bridgehead atoms. The fourth-order valence-corrected chi connectivity index (χ4v) is 1.77. The van der Waals surface area contributed by atoms with Crippen molar-refractivity contribution in [1.82, 2.24) is 9.80 Å². The van der Waals surface area contributed by atoms with Crippen LogP contribution in [-0.4, -0.2) is 58.2 Å². The highest BCUT2D eigenvalue weighted by Gasteiger charge is 2.22. The van der Waals surface area contributed by atoms with Crippen molar-refractivity contribution < 1.29 is 9.83 Å². The van der Waals surface area contributed by atoms with E-state index in [0.29, 0.717) is 26.2 Å². The van der Waals surface area contributed by atoms with Crippen LogP contribution in [0.3, 0.4) is 0 Å². The number of nitro groups is 1. The number of piperazine rings is 1. The lowest BCUT2D eigenvalue weighted by Gasteiger charge is -2.34. The molecule has 1 amide bonds. The van der Waals surface area contributed by atoms with Gasteiger partial charge in [-0.3, -0.25) is 4.79 Å². The average molecular weight is 294 g/mol. The lowest BCUT2D eigenvalue weighted by atomic mass is 10.3. The van der Waals surface area contributed by atoms with Gasteiger partial charge in [0.2, 0.25) is 5.91 Å². The first-order chi connectivity index (χ1) is 7.54. The summed E-state index contributed by atoms with van der Waals surface area (Å²) in [6.07, 6.45) is 0. The Morgan fingerprint density at radius 3 is 2.31 bits per heavy atom. The molecule has 0 spiro atoms. The molecule has 1 fully saturated rings. The molecule has 1 rings (SSSR count). The Kier molecular flexibility index (Phi) is 4.47. The van der Waals surface area contributed by atoms with Crippen molar-refractivity contribution in [2.45, 2.75) is 0 Å². The summed E-state index contributed by atoms with van der Waals surface area (Å²) in [5.41, 5.74) is 5.42. The zero-order chi connectivity index (χ0) is 12.1. The minimum Gasteiger partial charge on any atom is -0.365 e. The van der Waals surface area contributed by atoms with Crippen LogP contribution < -0.4 is 5.73 Å². The third-order valence-corrected chi connectivity index (χ3v) is 2.73. The van der Waals surface area contributed by atoms with Crippen molar-refractivity contribution in [2.75, 3.05) is 31.5 Å². The largest absolute Gasteiger partial charge is 0.365 e. The Hall–Kier alpha value is -1.38. The smallest absolute Gasteiger partial charge is 0.268 e. The molecule has 1 saturated heterocycles. The number of amides is 1. The predicted molar refractivity (Wildman–Crippen MR) is 60.6 cm³/mol. The molecular formula is C7H12BrN5O3. The summed E-state index contributed by atoms with van der Waals surface area (Å²) in [6.45, 7) is 1.92. The fourth-order valence-electron chi connectivity index (χ4n) is 1.42. The molecule has 0 aliphatic carbocycles. The molecule has 0 aromatic heterocycles. The van der Waals surface area contributed by atoms with Crippen LogP contribution >= 0.6 is 15.9 Å². The molecule has 16 heavy (non-hydrogen) atoms. The Morgan fingerprint density at radius 2 is 1.88 bits per heavy atom. The van der Waals surface area contributed by atoms with Crippen molar-refractivity contribution >= 4 is 27.8 Å². The van der Waals surface area contributed by atoms with Crippen molar-refractivity contribution in [1.29, 1.82) is 0 Å². The number of hydrogen-bond donors (Lipinski definition) is 1. The molecule has 1 heterocycles. The van der Waals surface area contributed by atoms with E-state index in [4.69, 9.17) is 5.73 Å². The fraction of sp³-hybridized carbons (Fsp3) is 0.714. The van der Waals surface area contributed by atoms with Gasteiger partial charge in [0.25, 0.3) is 5.96 Å². The highest BCUT2D eigenvalue weighted by atomic mass is 79.9. The second-order valence-corrected chi connectivity index (χ2v) is 3.76. The molecule has 8 nitrogen and oxygen atoms in total. The van der Waals surface area contributed by atoms with Gasteiger partial charge in [-0.2, -0.15) is 0 Å². The van der Waals surface area contributed by atoms with Crippen LogP contribution in [-0.2, 0) is 4.79 Å². The van der Waals surface area contributed by atoms with E-state index in [0.717, 1.165) is 0 Å². The number of guanidine groups is 1. The van der Waals surface area contributed by atoms with Gasteiger partial charge in [0.15, 0.2) is 5.03 Å². The van der Waals surface area contributed by atoms with Crippen LogP contribution in [0.25, 0.3) is 0 Å². The Bertz CT molecular complexity index is 313. The number of nitrogens with zero attached hydrogens (tertiary/aromatic N) is 4. The topological polar surface area (TPSA) is 105 Å². The first-order valence-electron chi connectivity index (χ1n) is 4.61. The SMILES string of the molecule is N/C(=N/[N+](=O)[O-])N1CCN(C(=O)CBr)CC1. The number of carbonyl (C=O) groups is 1. The Morgan fingerprint density at radius 1 is 1.38 bits per heavy atom. The van der Waals surface area contributed by atoms with Crippen LogP contribution in [0.4, 0.5) is 0 Å². The molecule has 2 N–H and O–H groups in total. The summed E-state index contributed by atoms with van der Waals surface area (Å²) in [5, 5.41) is 12.6. The van der Waals surface area contributed by atoms with Crippen LogP contribution in [0.5, 0.6) is 0 Å². The number of carbonyl (C=O) groups excluding carboxylic acids is 1. The highest BCUT2D eigenvalue weighted by Crippen LogP contribution is 2.03. The third-order valence-electron chi connectivity index (χ3n) is 2.25. The lowest BCUT2D eigenvalue weighted by Crippen LogP contribution is -2.53. The summed E-state index contributed by atoms with van der Waals surface area (Å²) in [6, 6.07) is 0. The van der Waals surface area contributed by atoms with Crippen LogP contribution in [0, 0.1) is 10.1 Å². The van der Waals surface area contributed by atoms with Gasteiger partial charge in [0, 0.05) is 26.2 Å². The summed E-state index contributed by atoms with van der Waals surface area (Å²) in [5.74, 6) is -0.111. The maximum absolute atomic E-state index is 11.3. The van der Waals surface area contributed by atoms with Gasteiger partial charge in [0.1, 0.15) is 5.10 Å². The van der Waals surface area contributed by atoms with Crippen molar-refractivity contribution in [2.24, 2.45) is 10.8 Å². The average Bonchev–Trinajstić information content (AvgIpc) is 2.27. The van der Waals surface area contributed by atoms with Gasteiger partial charge in [0.05, 0.1) is 5.33 Å². The van der Waals surface area contributed by atoms with E-state index in [1.165, 1.54) is 0 Å². The van der Waals surface area contributed by atoms with Gasteiger partial charge in [-0.05, 0) is 0 Å². The molecule has 1 aliphatic rings. The molecule has 0 atom stereocenters. The standard InChI is InChI=1S/C7H12BrN5O3/c8-5-6(14)11-1-3-12(4-2-11)7(9)10-13(15)16/h1-5H2,(H2,9,10). The van der Waals surface area contributed by atoms with Crippen molar-refractivity contribution in [3.63, 3.8) is 0 Å². The third kappa shape index (κ3) is 3.33. The van der Waals surface area contributed by atoms with Crippen molar-refractivity contribution in [3.8, 4) is 0 Å². The Labute approximate surface area is 100 Å². The summed E-state index contributed by atoms with van der Waals surface area (Å²) < 4.78 is 0. The van der Waals surface area contributed by atoms with E-state index in [9.17, 15) is 14.9 Å². The molecule has 90 valence electrons. The zero-order valence-electron chi connectivity index (χ0n) is 8.50. The summed E-state index contributed by atoms with van der Waals surface area (Å²) in [4.78, 5) is 24.7. The van der Waals surface area contributed by atoms with Gasteiger partial charge < -0.3 is 15.5 Å². The second kappa shape index (κ2) is 5.64. The maximum Gasteiger partial charge on any atom is 0.268 e. The first-order valence-corrected chi connectivity index (χ1v) is 5.74. The zero-order valence-corrected chi connectivity index (χ0v) is 10.1. The second-order valence-electron chi connectivity index (χ2n) is 3.20. The summed E-state index contributed by atoms with van der Waals surface area (Å²) in [7, 11) is 0. The summed E-state index contributed by atoms with van der Waals surface area (Å²) >= 11 is 3.08. The van der Waals surface area contributed by atoms with E-state index >= 15 is 0 Å². The van der Waals surface area contributed by atoms with Crippen LogP contribution in [0.15, 0.2) is 5.10 Å². The van der Waals surface area contributed by atoms with E-state index < -0.39 is 5.03 Å². The number of rotatable bonds is 2. The molecule has 1 aliphatic heterocycles. The number of hydrogen-bond acceptors (Lipinski definition) is 3. The normalized spacial score (nSPS) is 17.4. The van der Waals surface area contributed by atoms with Crippen LogP contribution in [0.1, 0.15) is 0 Å². The van der Waals surface area contributed by atoms with Crippen molar-refractivity contribution in [3.05, 3.63) is 10.1 Å². The van der Waals surface area contributed by atoms with E-state index in [1.807, 2.05) is 0 Å². The first kappa shape index (κ1) is 12.7. The number of halogens is 1. The minimum absolute atomic E-state index is 0.00411. The van der Waals surface area contributed by atoms with E-state index in [2.05, 4.69) is 21.0 Å². The quantitative estimate of drug-likeness (QED) is 0.232. The molecule has 0 aromatic rings. The minimum atomic E-state index is -0.828. The molecule has 9 heteroatoms. The maximum atomic E-state index is 11.3. The highest BCUT2D eigenvalue weighted by molar-refractivity contribution is 9.09. The molecular weight excluding hydrogens is 282 g/mol. The van der Waals surface area contributed by atoms with Gasteiger partial charge in [-0.25, -0.2) is 10.1 Å². The Balaban J connectivity index is 2.49. The van der Waals surface area contributed by atoms with E-state index in [1.54, 1.807) is 9.80 Å². The van der Waals surface area contributed by atoms with Gasteiger partial charge in [-0.1, -0.05) is 15.9 Å². The van der Waals surface area contributed by atoms with Crippen LogP contribution in [0.2, 0.25) is 0 Å². The molecule has 0 unspecified atom stereocenters. The number of alkyl halides is 1. The number of nitrogens with two attached hydrogens (primary N) is 1. The van der Waals surface area contributed by atoms with Gasteiger partial charge >= 0.3 is 0 Å². The van der Waals surface area contributed by atoms with Gasteiger partial charge in [-0.15, -0.1) is 0 Å². The number of hydrazone groups is 1. The lowest BCUT2D eigenvalue weighted by molar-refractivity contribution is -0.485.